The van der Waals surface area contributed by atoms with Gasteiger partial charge in [-0.2, -0.15) is 0 Å². The molecule has 2 aliphatic heterocycles. The summed E-state index contributed by atoms with van der Waals surface area (Å²) in [6, 6.07) is -0.0513. The highest BCUT2D eigenvalue weighted by molar-refractivity contribution is 4.98. The molecule has 100 valence electrons. The minimum absolute atomic E-state index is 0.0513. The number of ether oxygens (including phenoxy) is 1. The van der Waals surface area contributed by atoms with Crippen LogP contribution in [0.5, 0.6) is 0 Å². The number of nitrogens with zero attached hydrogens (tertiary/aromatic N) is 1. The zero-order valence-corrected chi connectivity index (χ0v) is 10.5. The van der Waals surface area contributed by atoms with Gasteiger partial charge < -0.3 is 20.7 Å². The van der Waals surface area contributed by atoms with E-state index in [-0.39, 0.29) is 18.8 Å². The predicted octanol–water partition coefficient (Wildman–Crippen LogP) is -0.834. The second kappa shape index (κ2) is 5.63. The lowest BCUT2D eigenvalue weighted by Crippen LogP contribution is -2.52. The van der Waals surface area contributed by atoms with Crippen molar-refractivity contribution >= 4 is 0 Å². The summed E-state index contributed by atoms with van der Waals surface area (Å²) in [5.74, 6) is 0.760. The van der Waals surface area contributed by atoms with Crippen LogP contribution in [0.1, 0.15) is 19.8 Å². The second-order valence-corrected chi connectivity index (χ2v) is 5.33. The maximum atomic E-state index is 10.2. The van der Waals surface area contributed by atoms with Crippen LogP contribution in [0.2, 0.25) is 0 Å². The van der Waals surface area contributed by atoms with Crippen LogP contribution in [0.15, 0.2) is 0 Å². The van der Waals surface area contributed by atoms with Gasteiger partial charge in [0, 0.05) is 6.54 Å². The molecule has 0 spiro atoms. The molecule has 0 bridgehead atoms. The zero-order chi connectivity index (χ0) is 12.4. The van der Waals surface area contributed by atoms with E-state index in [0.29, 0.717) is 6.54 Å². The van der Waals surface area contributed by atoms with Gasteiger partial charge in [0.1, 0.15) is 12.2 Å². The van der Waals surface area contributed by atoms with Crippen molar-refractivity contribution in [1.82, 2.24) is 4.90 Å². The van der Waals surface area contributed by atoms with Crippen molar-refractivity contribution in [3.05, 3.63) is 0 Å². The third kappa shape index (κ3) is 2.63. The van der Waals surface area contributed by atoms with E-state index >= 15 is 0 Å². The average Bonchev–Trinajstić information content (AvgIpc) is 2.67. The van der Waals surface area contributed by atoms with Crippen molar-refractivity contribution in [1.29, 1.82) is 0 Å². The molecule has 2 aliphatic rings. The van der Waals surface area contributed by atoms with E-state index in [1.165, 1.54) is 0 Å². The van der Waals surface area contributed by atoms with Gasteiger partial charge in [-0.25, -0.2) is 0 Å². The Morgan fingerprint density at radius 1 is 1.29 bits per heavy atom. The summed E-state index contributed by atoms with van der Waals surface area (Å²) in [7, 11) is 0. The molecule has 5 heteroatoms. The molecule has 0 aromatic carbocycles. The van der Waals surface area contributed by atoms with Gasteiger partial charge in [0.2, 0.25) is 0 Å². The third-order valence-electron chi connectivity index (χ3n) is 4.11. The first-order chi connectivity index (χ1) is 8.17. The molecular formula is C12H24N2O3. The summed E-state index contributed by atoms with van der Waals surface area (Å²) in [5, 5.41) is 19.3. The molecule has 4 N–H and O–H groups in total. The van der Waals surface area contributed by atoms with E-state index in [4.69, 9.17) is 15.6 Å². The quantitative estimate of drug-likeness (QED) is 0.604. The largest absolute Gasteiger partial charge is 0.394 e. The lowest BCUT2D eigenvalue weighted by Gasteiger charge is -2.37. The van der Waals surface area contributed by atoms with Gasteiger partial charge in [-0.15, -0.1) is 0 Å². The van der Waals surface area contributed by atoms with E-state index in [2.05, 4.69) is 11.8 Å². The number of rotatable bonds is 3. The Bertz CT molecular complexity index is 242. The van der Waals surface area contributed by atoms with Gasteiger partial charge >= 0.3 is 0 Å². The summed E-state index contributed by atoms with van der Waals surface area (Å²) in [6.07, 6.45) is 1.06. The van der Waals surface area contributed by atoms with Gasteiger partial charge in [-0.05, 0) is 31.8 Å². The van der Waals surface area contributed by atoms with E-state index in [1.54, 1.807) is 0 Å². The molecule has 2 fully saturated rings. The summed E-state index contributed by atoms with van der Waals surface area (Å²) < 4.78 is 5.60. The fraction of sp³-hybridized carbons (Fsp3) is 1.00. The van der Waals surface area contributed by atoms with Gasteiger partial charge in [0.05, 0.1) is 18.8 Å². The van der Waals surface area contributed by atoms with Crippen LogP contribution < -0.4 is 5.73 Å². The Morgan fingerprint density at radius 2 is 1.94 bits per heavy atom. The van der Waals surface area contributed by atoms with E-state index in [0.717, 1.165) is 31.8 Å². The fourth-order valence-electron chi connectivity index (χ4n) is 2.95. The normalized spacial score (nSPS) is 40.9. The Morgan fingerprint density at radius 3 is 2.47 bits per heavy atom. The van der Waals surface area contributed by atoms with Crippen LogP contribution in [-0.4, -0.2) is 65.7 Å². The van der Waals surface area contributed by atoms with Crippen LogP contribution in [0, 0.1) is 5.92 Å². The van der Waals surface area contributed by atoms with Crippen LogP contribution >= 0.6 is 0 Å². The van der Waals surface area contributed by atoms with Crippen molar-refractivity contribution in [3.63, 3.8) is 0 Å². The van der Waals surface area contributed by atoms with E-state index in [9.17, 15) is 5.11 Å². The highest BCUT2D eigenvalue weighted by Crippen LogP contribution is 2.28. The molecule has 0 aromatic rings. The Balaban J connectivity index is 2.02. The maximum absolute atomic E-state index is 10.2. The molecule has 2 rings (SSSR count). The molecule has 2 saturated heterocycles. The highest BCUT2D eigenvalue weighted by Gasteiger charge is 2.45. The van der Waals surface area contributed by atoms with E-state index < -0.39 is 12.2 Å². The topological polar surface area (TPSA) is 79.0 Å². The Labute approximate surface area is 103 Å². The first kappa shape index (κ1) is 13.2. The van der Waals surface area contributed by atoms with Gasteiger partial charge in [-0.1, -0.05) is 6.92 Å². The van der Waals surface area contributed by atoms with Crippen molar-refractivity contribution in [2.24, 2.45) is 11.7 Å². The molecule has 4 atom stereocenters. The SMILES string of the molecule is CC1CCN([C@@H]2[C@H](O)[C@H](CO)O[C@@H]2CN)CC1. The number of piperidine rings is 1. The lowest BCUT2D eigenvalue weighted by molar-refractivity contribution is -0.0193. The fourth-order valence-corrected chi connectivity index (χ4v) is 2.95. The van der Waals surface area contributed by atoms with Crippen LogP contribution in [-0.2, 0) is 4.74 Å². The molecular weight excluding hydrogens is 220 g/mol. The second-order valence-electron chi connectivity index (χ2n) is 5.33. The van der Waals surface area contributed by atoms with Crippen molar-refractivity contribution in [2.45, 2.75) is 44.1 Å². The smallest absolute Gasteiger partial charge is 0.109 e. The lowest BCUT2D eigenvalue weighted by atomic mass is 9.94. The van der Waals surface area contributed by atoms with Crippen molar-refractivity contribution in [3.8, 4) is 0 Å². The molecule has 17 heavy (non-hydrogen) atoms. The minimum Gasteiger partial charge on any atom is -0.394 e. The Hall–Kier alpha value is -0.200. The monoisotopic (exact) mass is 244 g/mol. The van der Waals surface area contributed by atoms with Crippen LogP contribution in [0.4, 0.5) is 0 Å². The summed E-state index contributed by atoms with van der Waals surface area (Å²) in [4.78, 5) is 2.28. The maximum Gasteiger partial charge on any atom is 0.109 e. The van der Waals surface area contributed by atoms with Gasteiger partial charge in [0.15, 0.2) is 0 Å². The number of likely N-dealkylation sites (tertiary alicyclic amines) is 1. The van der Waals surface area contributed by atoms with Crippen LogP contribution in [0.3, 0.4) is 0 Å². The standard InChI is InChI=1S/C12H24N2O3/c1-8-2-4-14(5-3-8)11-9(6-13)17-10(7-15)12(11)16/h8-12,15-16H,2-7,13H2,1H3/t9-,10+,11+,12-/m1/s1. The summed E-state index contributed by atoms with van der Waals surface area (Å²) in [6.45, 7) is 4.49. The Kier molecular flexibility index (Phi) is 4.38. The number of aliphatic hydroxyl groups is 2. The average molecular weight is 244 g/mol. The van der Waals surface area contributed by atoms with Crippen LogP contribution in [0.25, 0.3) is 0 Å². The molecule has 5 nitrogen and oxygen atoms in total. The number of aliphatic hydroxyl groups excluding tert-OH is 2. The van der Waals surface area contributed by atoms with Crippen molar-refractivity contribution in [2.75, 3.05) is 26.2 Å². The first-order valence-corrected chi connectivity index (χ1v) is 6.56. The highest BCUT2D eigenvalue weighted by atomic mass is 16.5. The molecule has 0 aromatic heterocycles. The van der Waals surface area contributed by atoms with Gasteiger partial charge in [-0.3, -0.25) is 4.90 Å². The minimum atomic E-state index is -0.623. The number of nitrogens with two attached hydrogens (primary N) is 1. The molecule has 0 saturated carbocycles. The molecule has 0 aliphatic carbocycles. The van der Waals surface area contributed by atoms with Gasteiger partial charge in [0.25, 0.3) is 0 Å². The van der Waals surface area contributed by atoms with E-state index in [1.807, 2.05) is 0 Å². The predicted molar refractivity (Wildman–Crippen MR) is 64.6 cm³/mol. The molecule has 0 amide bonds. The van der Waals surface area contributed by atoms with Crippen molar-refractivity contribution < 1.29 is 14.9 Å². The number of hydrogen-bond acceptors (Lipinski definition) is 5. The third-order valence-corrected chi connectivity index (χ3v) is 4.11. The molecule has 0 unspecified atom stereocenters. The summed E-state index contributed by atoms with van der Waals surface area (Å²) >= 11 is 0. The summed E-state index contributed by atoms with van der Waals surface area (Å²) in [5.41, 5.74) is 5.69. The first-order valence-electron chi connectivity index (χ1n) is 6.56. The molecule has 0 radical (unpaired) electrons. The number of hydrogen-bond donors (Lipinski definition) is 3. The molecule has 2 heterocycles. The zero-order valence-electron chi connectivity index (χ0n) is 10.5.